The van der Waals surface area contributed by atoms with Gasteiger partial charge in [0.1, 0.15) is 0 Å². The molecule has 0 bridgehead atoms. The fourth-order valence-electron chi connectivity index (χ4n) is 1.83. The van der Waals surface area contributed by atoms with Crippen LogP contribution in [0.25, 0.3) is 0 Å². The van der Waals surface area contributed by atoms with Gasteiger partial charge in [-0.1, -0.05) is 29.4 Å². The average Bonchev–Trinajstić information content (AvgIpc) is 2.35. The van der Waals surface area contributed by atoms with Gasteiger partial charge in [-0.15, -0.1) is 0 Å². The first-order valence-corrected chi connectivity index (χ1v) is 7.19. The minimum Gasteiger partial charge on any atom is -0.392 e. The van der Waals surface area contributed by atoms with Crippen LogP contribution >= 0.6 is 0 Å². The lowest BCUT2D eigenvalue weighted by molar-refractivity contribution is -0.124. The van der Waals surface area contributed by atoms with Gasteiger partial charge in [-0.2, -0.15) is 0 Å². The average molecular weight is 279 g/mol. The SMILES string of the molecule is CC(C)=CCC/C(=C/CC/C(C)=C/CO)C(=O)N(C)C. The van der Waals surface area contributed by atoms with Gasteiger partial charge in [-0.25, -0.2) is 0 Å². The molecule has 0 aromatic rings. The number of likely N-dealkylation sites (N-methyl/N-ethyl adjacent to an activating group) is 1. The fourth-order valence-corrected chi connectivity index (χ4v) is 1.83. The van der Waals surface area contributed by atoms with Crippen molar-refractivity contribution in [3.05, 3.63) is 34.9 Å². The van der Waals surface area contributed by atoms with Crippen molar-refractivity contribution in [1.29, 1.82) is 0 Å². The molecule has 0 saturated carbocycles. The Morgan fingerprint density at radius 3 is 2.10 bits per heavy atom. The van der Waals surface area contributed by atoms with Gasteiger partial charge >= 0.3 is 0 Å². The van der Waals surface area contributed by atoms with E-state index in [0.717, 1.165) is 36.8 Å². The van der Waals surface area contributed by atoms with E-state index in [4.69, 9.17) is 5.11 Å². The van der Waals surface area contributed by atoms with Crippen LogP contribution in [-0.4, -0.2) is 36.6 Å². The molecule has 1 amide bonds. The molecule has 0 aliphatic carbocycles. The molecule has 0 aliphatic rings. The third-order valence-corrected chi connectivity index (χ3v) is 3.02. The van der Waals surface area contributed by atoms with Crippen molar-refractivity contribution in [2.24, 2.45) is 0 Å². The van der Waals surface area contributed by atoms with Crippen molar-refractivity contribution in [3.63, 3.8) is 0 Å². The summed E-state index contributed by atoms with van der Waals surface area (Å²) >= 11 is 0. The number of hydrogen-bond donors (Lipinski definition) is 1. The number of carbonyl (C=O) groups is 1. The standard InChI is InChI=1S/C17H29NO2/c1-14(2)8-6-10-16(17(20)18(4)5)11-7-9-15(3)12-13-19/h8,11-12,19H,6-7,9-10,13H2,1-5H3/b15-12+,16-11-. The first kappa shape index (κ1) is 18.7. The molecule has 0 fully saturated rings. The lowest BCUT2D eigenvalue weighted by Crippen LogP contribution is -2.23. The van der Waals surface area contributed by atoms with Crippen molar-refractivity contribution in [1.82, 2.24) is 4.90 Å². The van der Waals surface area contributed by atoms with E-state index >= 15 is 0 Å². The molecule has 3 heteroatoms. The van der Waals surface area contributed by atoms with Gasteiger partial charge in [0.25, 0.3) is 0 Å². The summed E-state index contributed by atoms with van der Waals surface area (Å²) in [5.41, 5.74) is 3.32. The van der Waals surface area contributed by atoms with Crippen LogP contribution in [0, 0.1) is 0 Å². The predicted octanol–water partition coefficient (Wildman–Crippen LogP) is 3.47. The summed E-state index contributed by atoms with van der Waals surface area (Å²) in [6.07, 6.45) is 9.41. The Morgan fingerprint density at radius 2 is 1.60 bits per heavy atom. The van der Waals surface area contributed by atoms with Crippen molar-refractivity contribution in [2.75, 3.05) is 20.7 Å². The summed E-state index contributed by atoms with van der Waals surface area (Å²) in [5.74, 6) is 0.0935. The van der Waals surface area contributed by atoms with Crippen LogP contribution in [0.5, 0.6) is 0 Å². The maximum Gasteiger partial charge on any atom is 0.248 e. The third kappa shape index (κ3) is 8.70. The van der Waals surface area contributed by atoms with Gasteiger partial charge in [-0.05, 0) is 46.5 Å². The molecule has 20 heavy (non-hydrogen) atoms. The van der Waals surface area contributed by atoms with Gasteiger partial charge in [0.05, 0.1) is 6.61 Å². The monoisotopic (exact) mass is 279 g/mol. The molecule has 0 heterocycles. The second kappa shape index (κ2) is 10.4. The highest BCUT2D eigenvalue weighted by molar-refractivity contribution is 5.93. The molecule has 0 aromatic heterocycles. The molecule has 0 atom stereocenters. The van der Waals surface area contributed by atoms with E-state index in [1.54, 1.807) is 19.0 Å². The zero-order valence-electron chi connectivity index (χ0n) is 13.6. The quantitative estimate of drug-likeness (QED) is 0.546. The van der Waals surface area contributed by atoms with Crippen molar-refractivity contribution < 1.29 is 9.90 Å². The molecule has 0 unspecified atom stereocenters. The Labute approximate surface area is 123 Å². The molecular weight excluding hydrogens is 250 g/mol. The Kier molecular flexibility index (Phi) is 9.73. The first-order chi connectivity index (χ1) is 9.38. The highest BCUT2D eigenvalue weighted by Gasteiger charge is 2.10. The van der Waals surface area contributed by atoms with Crippen LogP contribution in [0.15, 0.2) is 34.9 Å². The Morgan fingerprint density at radius 1 is 1.00 bits per heavy atom. The molecule has 0 radical (unpaired) electrons. The number of allylic oxidation sites excluding steroid dienone is 4. The maximum absolute atomic E-state index is 12.1. The van der Waals surface area contributed by atoms with E-state index in [1.165, 1.54) is 5.57 Å². The van der Waals surface area contributed by atoms with Crippen molar-refractivity contribution in [3.8, 4) is 0 Å². The smallest absolute Gasteiger partial charge is 0.248 e. The number of rotatable bonds is 8. The van der Waals surface area contributed by atoms with Gasteiger partial charge in [0.15, 0.2) is 0 Å². The van der Waals surface area contributed by atoms with E-state index in [-0.39, 0.29) is 12.5 Å². The zero-order valence-corrected chi connectivity index (χ0v) is 13.6. The molecule has 3 nitrogen and oxygen atoms in total. The van der Waals surface area contributed by atoms with Crippen LogP contribution in [0.3, 0.4) is 0 Å². The molecule has 0 aromatic carbocycles. The first-order valence-electron chi connectivity index (χ1n) is 7.19. The van der Waals surface area contributed by atoms with E-state index < -0.39 is 0 Å². The number of carbonyl (C=O) groups excluding carboxylic acids is 1. The molecule has 1 N–H and O–H groups in total. The third-order valence-electron chi connectivity index (χ3n) is 3.02. The number of hydrogen-bond acceptors (Lipinski definition) is 2. The summed E-state index contributed by atoms with van der Waals surface area (Å²) in [6.45, 7) is 6.22. The minimum absolute atomic E-state index is 0.0829. The Balaban J connectivity index is 4.63. The van der Waals surface area contributed by atoms with Crippen LogP contribution in [-0.2, 0) is 4.79 Å². The fraction of sp³-hybridized carbons (Fsp3) is 0.588. The van der Waals surface area contributed by atoms with Crippen LogP contribution < -0.4 is 0 Å². The number of amides is 1. The van der Waals surface area contributed by atoms with E-state index in [2.05, 4.69) is 19.9 Å². The van der Waals surface area contributed by atoms with Gasteiger partial charge in [-0.3, -0.25) is 4.79 Å². The van der Waals surface area contributed by atoms with Crippen molar-refractivity contribution in [2.45, 2.75) is 46.5 Å². The largest absolute Gasteiger partial charge is 0.392 e. The number of aliphatic hydroxyl groups is 1. The molecule has 114 valence electrons. The van der Waals surface area contributed by atoms with Crippen LogP contribution in [0.4, 0.5) is 0 Å². The van der Waals surface area contributed by atoms with E-state index in [9.17, 15) is 4.79 Å². The van der Waals surface area contributed by atoms with Crippen LogP contribution in [0.1, 0.15) is 46.5 Å². The molecule has 0 spiro atoms. The number of nitrogens with zero attached hydrogens (tertiary/aromatic N) is 1. The highest BCUT2D eigenvalue weighted by Crippen LogP contribution is 2.13. The lowest BCUT2D eigenvalue weighted by Gasteiger charge is -2.13. The zero-order chi connectivity index (χ0) is 15.5. The topological polar surface area (TPSA) is 40.5 Å². The molecular formula is C17H29NO2. The molecule has 0 saturated heterocycles. The van der Waals surface area contributed by atoms with Gasteiger partial charge in [0, 0.05) is 19.7 Å². The number of aliphatic hydroxyl groups excluding tert-OH is 1. The summed E-state index contributed by atoms with van der Waals surface area (Å²) < 4.78 is 0. The Bertz CT molecular complexity index is 386. The summed E-state index contributed by atoms with van der Waals surface area (Å²) in [5, 5.41) is 8.82. The van der Waals surface area contributed by atoms with E-state index in [1.807, 2.05) is 19.1 Å². The Hall–Kier alpha value is -1.35. The normalized spacial score (nSPS) is 12.3. The second-order valence-corrected chi connectivity index (χ2v) is 5.52. The summed E-state index contributed by atoms with van der Waals surface area (Å²) in [6, 6.07) is 0. The van der Waals surface area contributed by atoms with E-state index in [0.29, 0.717) is 0 Å². The van der Waals surface area contributed by atoms with Gasteiger partial charge in [0.2, 0.25) is 5.91 Å². The highest BCUT2D eigenvalue weighted by atomic mass is 16.2. The molecule has 0 aliphatic heterocycles. The molecule has 0 rings (SSSR count). The minimum atomic E-state index is 0.0829. The van der Waals surface area contributed by atoms with Gasteiger partial charge < -0.3 is 10.0 Å². The maximum atomic E-state index is 12.1. The predicted molar refractivity (Wildman–Crippen MR) is 85.5 cm³/mol. The van der Waals surface area contributed by atoms with Crippen molar-refractivity contribution >= 4 is 5.91 Å². The lowest BCUT2D eigenvalue weighted by atomic mass is 10.0. The second-order valence-electron chi connectivity index (χ2n) is 5.52. The summed E-state index contributed by atoms with van der Waals surface area (Å²) in [7, 11) is 3.57. The van der Waals surface area contributed by atoms with Crippen LogP contribution in [0.2, 0.25) is 0 Å². The summed E-state index contributed by atoms with van der Waals surface area (Å²) in [4.78, 5) is 13.7.